The summed E-state index contributed by atoms with van der Waals surface area (Å²) in [6.07, 6.45) is 1.04. The summed E-state index contributed by atoms with van der Waals surface area (Å²) in [5, 5.41) is 8.75. The highest BCUT2D eigenvalue weighted by Crippen LogP contribution is 2.43. The lowest BCUT2D eigenvalue weighted by atomic mass is 9.80. The number of carbonyl (C=O) groups excluding carboxylic acids is 2. The van der Waals surface area contributed by atoms with E-state index in [9.17, 15) is 27.3 Å². The van der Waals surface area contributed by atoms with Gasteiger partial charge in [-0.25, -0.2) is 13.9 Å². The molecule has 0 aliphatic heterocycles. The number of alkyl carbamates (subject to hydrolysis) is 1. The molecule has 1 saturated carbocycles. The first-order valence-corrected chi connectivity index (χ1v) is 18.4. The highest BCUT2D eigenvalue weighted by atomic mass is 32.2. The Morgan fingerprint density at radius 3 is 2.34 bits per heavy atom. The van der Waals surface area contributed by atoms with Crippen LogP contribution in [-0.4, -0.2) is 41.7 Å². The van der Waals surface area contributed by atoms with Crippen LogP contribution in [0.25, 0.3) is 5.69 Å². The minimum absolute atomic E-state index is 0.0247. The molecule has 0 radical (unpaired) electrons. The largest absolute Gasteiger partial charge is 0.598 e. The molecule has 5 rings (SSSR count). The van der Waals surface area contributed by atoms with Crippen LogP contribution in [0.1, 0.15) is 100 Å². The zero-order valence-corrected chi connectivity index (χ0v) is 31.3. The van der Waals surface area contributed by atoms with Crippen LogP contribution in [0.3, 0.4) is 0 Å². The maximum Gasteiger partial charge on any atom is 0.435 e. The number of halogens is 4. The Morgan fingerprint density at radius 2 is 1.72 bits per heavy atom. The van der Waals surface area contributed by atoms with Crippen LogP contribution in [0.2, 0.25) is 0 Å². The van der Waals surface area contributed by atoms with Crippen molar-refractivity contribution in [1.29, 1.82) is 0 Å². The fourth-order valence-electron chi connectivity index (χ4n) is 5.62. The molecule has 2 atom stereocenters. The number of pyridine rings is 1. The molecule has 0 unspecified atom stereocenters. The van der Waals surface area contributed by atoms with Crippen molar-refractivity contribution in [2.75, 3.05) is 5.32 Å². The molecule has 0 spiro atoms. The van der Waals surface area contributed by atoms with Gasteiger partial charge < -0.3 is 19.9 Å². The van der Waals surface area contributed by atoms with Gasteiger partial charge in [0.25, 0.3) is 5.91 Å². The normalized spacial score (nSPS) is 15.4. The van der Waals surface area contributed by atoms with Crippen molar-refractivity contribution >= 4 is 29.0 Å². The molecule has 2 amide bonds. The monoisotopic (exact) mass is 756 g/mol. The third-order valence-corrected chi connectivity index (χ3v) is 10.2. The number of aromatic nitrogens is 3. The van der Waals surface area contributed by atoms with Gasteiger partial charge in [-0.1, -0.05) is 37.1 Å². The molecule has 2 aromatic heterocycles. The number of amides is 2. The maximum atomic E-state index is 15.6. The fourth-order valence-corrected chi connectivity index (χ4v) is 6.58. The van der Waals surface area contributed by atoms with Crippen LogP contribution >= 0.6 is 0 Å². The van der Waals surface area contributed by atoms with Crippen LogP contribution in [0.5, 0.6) is 0 Å². The van der Waals surface area contributed by atoms with Crippen molar-refractivity contribution in [3.63, 3.8) is 0 Å². The number of hydrogen-bond donors (Lipinski definition) is 3. The highest BCUT2D eigenvalue weighted by Gasteiger charge is 2.44. The molecule has 10 nitrogen and oxygen atoms in total. The molecule has 2 heterocycles. The molecule has 1 aliphatic rings. The number of alkyl halides is 3. The number of ether oxygens (including phenoxy) is 1. The first-order valence-electron chi connectivity index (χ1n) is 17.2. The molecule has 53 heavy (non-hydrogen) atoms. The van der Waals surface area contributed by atoms with Gasteiger partial charge in [-0.05, 0) is 107 Å². The van der Waals surface area contributed by atoms with Gasteiger partial charge in [0.1, 0.15) is 27.4 Å². The van der Waals surface area contributed by atoms with Gasteiger partial charge >= 0.3 is 12.3 Å². The van der Waals surface area contributed by atoms with Crippen LogP contribution in [0.15, 0.2) is 73.1 Å². The summed E-state index contributed by atoms with van der Waals surface area (Å²) in [5.74, 6) is -1.42. The second-order valence-electron chi connectivity index (χ2n) is 15.1. The van der Waals surface area contributed by atoms with Crippen molar-refractivity contribution in [3.05, 3.63) is 107 Å². The number of nitrogens with one attached hydrogen (secondary N) is 3. The van der Waals surface area contributed by atoms with Crippen LogP contribution < -0.4 is 15.4 Å². The van der Waals surface area contributed by atoms with E-state index in [2.05, 4.69) is 25.4 Å². The smallest absolute Gasteiger partial charge is 0.435 e. The average Bonchev–Trinajstić information content (AvgIpc) is 3.79. The summed E-state index contributed by atoms with van der Waals surface area (Å²) in [7, 11) is 0. The SMILES string of the molecule is CC(C)(C)OC(=O)NCc1cccc(-n2nc(C(F)(F)F)cc2C(=O)Nc2cc([C@](CCC3CC3)(N[S@@+]([O-])C(C)(C)C)c3cccnc3)ccc2F)c1. The van der Waals surface area contributed by atoms with E-state index in [1.165, 1.54) is 24.3 Å². The Bertz CT molecular complexity index is 1920. The Labute approximate surface area is 309 Å². The molecule has 284 valence electrons. The van der Waals surface area contributed by atoms with Crippen molar-refractivity contribution < 1.29 is 36.4 Å². The summed E-state index contributed by atoms with van der Waals surface area (Å²) in [6.45, 7) is 10.6. The first kappa shape index (κ1) is 39.7. The van der Waals surface area contributed by atoms with Gasteiger partial charge in [0, 0.05) is 36.4 Å². The molecule has 1 fully saturated rings. The molecule has 15 heteroatoms. The molecular formula is C38H44F4N6O4S. The fraction of sp³-hybridized carbons (Fsp3) is 0.421. The van der Waals surface area contributed by atoms with Gasteiger partial charge in [0.2, 0.25) is 0 Å². The third-order valence-electron chi connectivity index (χ3n) is 8.53. The molecule has 4 aromatic rings. The van der Waals surface area contributed by atoms with E-state index in [0.717, 1.165) is 30.0 Å². The molecule has 3 N–H and O–H groups in total. The van der Waals surface area contributed by atoms with Gasteiger partial charge in [-0.3, -0.25) is 9.78 Å². The lowest BCUT2D eigenvalue weighted by Crippen LogP contribution is -2.52. The Balaban J connectivity index is 1.52. The average molecular weight is 757 g/mol. The van der Waals surface area contributed by atoms with Gasteiger partial charge in [0.15, 0.2) is 5.69 Å². The summed E-state index contributed by atoms with van der Waals surface area (Å²) >= 11 is -1.60. The standard InChI is InChI=1S/C38H44F4N6O4S/c1-35(2,3)52-34(50)44-22-25-9-7-11-28(19-25)48-31(21-32(46-48)38(40,41)42)33(49)45-30-20-26(14-15-29(30)39)37(17-16-24-12-13-24,27-10-8-18-43-23-27)47-53(51)36(4,5)6/h7-11,14-15,18-21,23-24,47H,12-13,16-17,22H2,1-6H3,(H,44,50)(H,45,49)/t37-,53-/m0/s1. The van der Waals surface area contributed by atoms with E-state index < -0.39 is 62.6 Å². The van der Waals surface area contributed by atoms with E-state index in [4.69, 9.17) is 4.74 Å². The molecule has 2 aromatic carbocycles. The Kier molecular flexibility index (Phi) is 11.6. The number of carbonyl (C=O) groups is 2. The second kappa shape index (κ2) is 15.5. The second-order valence-corrected chi connectivity index (χ2v) is 17.1. The van der Waals surface area contributed by atoms with Crippen LogP contribution in [0.4, 0.5) is 28.0 Å². The predicted octanol–water partition coefficient (Wildman–Crippen LogP) is 8.19. The summed E-state index contributed by atoms with van der Waals surface area (Å²) in [4.78, 5) is 30.3. The zero-order chi connectivity index (χ0) is 38.8. The van der Waals surface area contributed by atoms with E-state index in [-0.39, 0.29) is 17.9 Å². The van der Waals surface area contributed by atoms with E-state index in [0.29, 0.717) is 35.1 Å². The number of hydrogen-bond acceptors (Lipinski definition) is 7. The number of nitrogens with zero attached hydrogens (tertiary/aromatic N) is 3. The summed E-state index contributed by atoms with van der Waals surface area (Å²) in [5.41, 5.74) is -2.28. The van der Waals surface area contributed by atoms with Gasteiger partial charge in [0.05, 0.1) is 11.4 Å². The number of rotatable bonds is 12. The van der Waals surface area contributed by atoms with Crippen molar-refractivity contribution in [3.8, 4) is 5.69 Å². The third kappa shape index (κ3) is 10.1. The minimum atomic E-state index is -4.90. The minimum Gasteiger partial charge on any atom is -0.598 e. The van der Waals surface area contributed by atoms with Crippen LogP contribution in [-0.2, 0) is 34.4 Å². The summed E-state index contributed by atoms with van der Waals surface area (Å²) in [6, 6.07) is 14.4. The topological polar surface area (TPSA) is 133 Å². The number of benzene rings is 2. The number of anilines is 1. The van der Waals surface area contributed by atoms with Crippen LogP contribution in [0, 0.1) is 11.7 Å². The Hall–Kier alpha value is -4.47. The predicted molar refractivity (Wildman–Crippen MR) is 194 cm³/mol. The molecular weight excluding hydrogens is 713 g/mol. The first-order chi connectivity index (χ1) is 24.7. The molecule has 0 saturated heterocycles. The van der Waals surface area contributed by atoms with Crippen molar-refractivity contribution in [2.24, 2.45) is 5.92 Å². The van der Waals surface area contributed by atoms with Crippen molar-refractivity contribution in [2.45, 2.75) is 95.8 Å². The maximum absolute atomic E-state index is 15.6. The molecule has 1 aliphatic carbocycles. The van der Waals surface area contributed by atoms with E-state index in [1.807, 2.05) is 26.8 Å². The van der Waals surface area contributed by atoms with Gasteiger partial charge in [-0.2, -0.15) is 18.3 Å². The Morgan fingerprint density at radius 1 is 0.981 bits per heavy atom. The molecule has 0 bridgehead atoms. The zero-order valence-electron chi connectivity index (χ0n) is 30.4. The van der Waals surface area contributed by atoms with E-state index in [1.54, 1.807) is 51.4 Å². The summed E-state index contributed by atoms with van der Waals surface area (Å²) < 4.78 is 79.9. The van der Waals surface area contributed by atoms with Gasteiger partial charge in [-0.15, -0.1) is 4.72 Å². The van der Waals surface area contributed by atoms with Crippen molar-refractivity contribution in [1.82, 2.24) is 24.8 Å². The highest BCUT2D eigenvalue weighted by molar-refractivity contribution is 7.90. The van der Waals surface area contributed by atoms with E-state index >= 15 is 4.39 Å². The quantitative estimate of drug-likeness (QED) is 0.0981. The lowest BCUT2D eigenvalue weighted by Gasteiger charge is -2.38. The lowest BCUT2D eigenvalue weighted by molar-refractivity contribution is -0.141.